The van der Waals surface area contributed by atoms with E-state index in [1.165, 1.54) is 6.07 Å². The summed E-state index contributed by atoms with van der Waals surface area (Å²) in [4.78, 5) is 23.8. The van der Waals surface area contributed by atoms with Gasteiger partial charge >= 0.3 is 5.97 Å². The number of rotatable bonds is 6. The molecule has 0 aliphatic rings. The standard InChI is InChI=1S/C19H18N2O4/c1-13(2)25-17-8-6-15(7-9-17)19(23)24-12-18(22)21-16-5-3-4-14(10-16)11-20/h3-10,13H,12H2,1-2H3,(H,21,22). The molecule has 0 atom stereocenters. The van der Waals surface area contributed by atoms with E-state index in [9.17, 15) is 9.59 Å². The van der Waals surface area contributed by atoms with E-state index < -0.39 is 18.5 Å². The first-order valence-electron chi connectivity index (χ1n) is 7.72. The maximum atomic E-state index is 11.9. The van der Waals surface area contributed by atoms with Gasteiger partial charge in [-0.1, -0.05) is 6.07 Å². The molecule has 0 aliphatic carbocycles. The molecule has 0 radical (unpaired) electrons. The van der Waals surface area contributed by atoms with Crippen LogP contribution in [0.3, 0.4) is 0 Å². The van der Waals surface area contributed by atoms with Crippen molar-refractivity contribution in [2.75, 3.05) is 11.9 Å². The summed E-state index contributed by atoms with van der Waals surface area (Å²) in [5, 5.41) is 11.4. The predicted molar refractivity (Wildman–Crippen MR) is 92.3 cm³/mol. The molecule has 0 heterocycles. The van der Waals surface area contributed by atoms with Crippen LogP contribution in [0, 0.1) is 11.3 Å². The van der Waals surface area contributed by atoms with Crippen molar-refractivity contribution in [3.05, 3.63) is 59.7 Å². The van der Waals surface area contributed by atoms with E-state index in [2.05, 4.69) is 5.32 Å². The average molecular weight is 338 g/mol. The van der Waals surface area contributed by atoms with Crippen LogP contribution in [0.4, 0.5) is 5.69 Å². The largest absolute Gasteiger partial charge is 0.491 e. The van der Waals surface area contributed by atoms with Gasteiger partial charge in [0.25, 0.3) is 5.91 Å². The predicted octanol–water partition coefficient (Wildman–Crippen LogP) is 3.14. The third kappa shape index (κ3) is 5.66. The van der Waals surface area contributed by atoms with Gasteiger partial charge in [-0.2, -0.15) is 5.26 Å². The second kappa shape index (κ2) is 8.50. The van der Waals surface area contributed by atoms with E-state index in [1.54, 1.807) is 42.5 Å². The fourth-order valence-electron chi connectivity index (χ4n) is 2.02. The van der Waals surface area contributed by atoms with Crippen LogP contribution >= 0.6 is 0 Å². The van der Waals surface area contributed by atoms with Crippen LogP contribution in [0.25, 0.3) is 0 Å². The third-order valence-electron chi connectivity index (χ3n) is 3.07. The number of nitrogens with zero attached hydrogens (tertiary/aromatic N) is 1. The summed E-state index contributed by atoms with van der Waals surface area (Å²) in [5.41, 5.74) is 1.23. The lowest BCUT2D eigenvalue weighted by Crippen LogP contribution is -2.21. The second-order valence-electron chi connectivity index (χ2n) is 5.51. The van der Waals surface area contributed by atoms with E-state index in [-0.39, 0.29) is 6.10 Å². The van der Waals surface area contributed by atoms with Crippen LogP contribution in [0.15, 0.2) is 48.5 Å². The molecule has 6 nitrogen and oxygen atoms in total. The average Bonchev–Trinajstić information content (AvgIpc) is 2.60. The highest BCUT2D eigenvalue weighted by Gasteiger charge is 2.11. The Balaban J connectivity index is 1.86. The van der Waals surface area contributed by atoms with Crippen LogP contribution in [-0.4, -0.2) is 24.6 Å². The zero-order chi connectivity index (χ0) is 18.2. The first-order chi connectivity index (χ1) is 12.0. The Kier molecular flexibility index (Phi) is 6.13. The lowest BCUT2D eigenvalue weighted by Gasteiger charge is -2.10. The molecule has 0 unspecified atom stereocenters. The van der Waals surface area contributed by atoms with Crippen molar-refractivity contribution in [3.8, 4) is 11.8 Å². The van der Waals surface area contributed by atoms with Gasteiger partial charge < -0.3 is 14.8 Å². The number of nitrogens with one attached hydrogen (secondary N) is 1. The van der Waals surface area contributed by atoms with Crippen molar-refractivity contribution in [2.45, 2.75) is 20.0 Å². The fourth-order valence-corrected chi connectivity index (χ4v) is 2.02. The van der Waals surface area contributed by atoms with Gasteiger partial charge in [0.15, 0.2) is 6.61 Å². The summed E-state index contributed by atoms with van der Waals surface area (Å²) in [6.07, 6.45) is 0.0426. The zero-order valence-corrected chi connectivity index (χ0v) is 14.0. The van der Waals surface area contributed by atoms with Crippen molar-refractivity contribution in [2.24, 2.45) is 0 Å². The molecule has 6 heteroatoms. The number of carbonyl (C=O) groups is 2. The number of ether oxygens (including phenoxy) is 2. The highest BCUT2D eigenvalue weighted by Crippen LogP contribution is 2.14. The first-order valence-corrected chi connectivity index (χ1v) is 7.72. The Hall–Kier alpha value is -3.33. The number of amides is 1. The fraction of sp³-hybridized carbons (Fsp3) is 0.211. The minimum absolute atomic E-state index is 0.0426. The van der Waals surface area contributed by atoms with Gasteiger partial charge in [-0.3, -0.25) is 4.79 Å². The highest BCUT2D eigenvalue weighted by atomic mass is 16.5. The van der Waals surface area contributed by atoms with Crippen LogP contribution in [0.2, 0.25) is 0 Å². The van der Waals surface area contributed by atoms with Crippen molar-refractivity contribution in [3.63, 3.8) is 0 Å². The molecule has 0 saturated carbocycles. The number of esters is 1. The van der Waals surface area contributed by atoms with Crippen molar-refractivity contribution >= 4 is 17.6 Å². The van der Waals surface area contributed by atoms with Crippen molar-refractivity contribution < 1.29 is 19.1 Å². The minimum Gasteiger partial charge on any atom is -0.491 e. The summed E-state index contributed by atoms with van der Waals surface area (Å²) in [7, 11) is 0. The quantitative estimate of drug-likeness (QED) is 0.818. The molecule has 1 N–H and O–H groups in total. The van der Waals surface area contributed by atoms with Gasteiger partial charge in [0.05, 0.1) is 23.3 Å². The molecule has 128 valence electrons. The molecule has 2 aromatic rings. The summed E-state index contributed by atoms with van der Waals surface area (Å²) < 4.78 is 10.5. The Morgan fingerprint density at radius 1 is 1.16 bits per heavy atom. The van der Waals surface area contributed by atoms with Gasteiger partial charge in [-0.15, -0.1) is 0 Å². The van der Waals surface area contributed by atoms with Crippen LogP contribution in [-0.2, 0) is 9.53 Å². The molecule has 1 amide bonds. The SMILES string of the molecule is CC(C)Oc1ccc(C(=O)OCC(=O)Nc2cccc(C#N)c2)cc1. The van der Waals surface area contributed by atoms with Crippen LogP contribution < -0.4 is 10.1 Å². The summed E-state index contributed by atoms with van der Waals surface area (Å²) in [5.74, 6) is -0.429. The molecule has 0 bridgehead atoms. The monoisotopic (exact) mass is 338 g/mol. The molecule has 25 heavy (non-hydrogen) atoms. The van der Waals surface area contributed by atoms with Gasteiger partial charge in [-0.25, -0.2) is 4.79 Å². The molecule has 0 aromatic heterocycles. The topological polar surface area (TPSA) is 88.4 Å². The van der Waals surface area contributed by atoms with Crippen LogP contribution in [0.1, 0.15) is 29.8 Å². The molecule has 2 rings (SSSR count). The maximum absolute atomic E-state index is 11.9. The molecule has 2 aromatic carbocycles. The lowest BCUT2D eigenvalue weighted by atomic mass is 10.2. The van der Waals surface area contributed by atoms with Gasteiger partial charge in [-0.05, 0) is 56.3 Å². The van der Waals surface area contributed by atoms with E-state index >= 15 is 0 Å². The lowest BCUT2D eigenvalue weighted by molar-refractivity contribution is -0.119. The smallest absolute Gasteiger partial charge is 0.338 e. The number of benzene rings is 2. The number of hydrogen-bond donors (Lipinski definition) is 1. The van der Waals surface area contributed by atoms with Crippen molar-refractivity contribution in [1.29, 1.82) is 5.26 Å². The number of hydrogen-bond acceptors (Lipinski definition) is 5. The third-order valence-corrected chi connectivity index (χ3v) is 3.07. The Labute approximate surface area is 146 Å². The van der Waals surface area contributed by atoms with E-state index in [0.717, 1.165) is 0 Å². The Morgan fingerprint density at radius 3 is 2.52 bits per heavy atom. The summed E-state index contributed by atoms with van der Waals surface area (Å²) in [6.45, 7) is 3.40. The molecule has 0 saturated heterocycles. The molecule has 0 spiro atoms. The van der Waals surface area contributed by atoms with E-state index in [4.69, 9.17) is 14.7 Å². The molecular weight excluding hydrogens is 320 g/mol. The Bertz CT molecular complexity index is 792. The zero-order valence-electron chi connectivity index (χ0n) is 14.0. The highest BCUT2D eigenvalue weighted by molar-refractivity contribution is 5.95. The minimum atomic E-state index is -0.600. The maximum Gasteiger partial charge on any atom is 0.338 e. The van der Waals surface area contributed by atoms with E-state index in [0.29, 0.717) is 22.6 Å². The van der Waals surface area contributed by atoms with Gasteiger partial charge in [0.1, 0.15) is 5.75 Å². The number of anilines is 1. The van der Waals surface area contributed by atoms with Crippen LogP contribution in [0.5, 0.6) is 5.75 Å². The normalized spacial score (nSPS) is 10.0. The molecular formula is C19H18N2O4. The van der Waals surface area contributed by atoms with Gasteiger partial charge in [0.2, 0.25) is 0 Å². The number of carbonyl (C=O) groups excluding carboxylic acids is 2. The van der Waals surface area contributed by atoms with Crippen molar-refractivity contribution in [1.82, 2.24) is 0 Å². The summed E-state index contributed by atoms with van der Waals surface area (Å²) >= 11 is 0. The Morgan fingerprint density at radius 2 is 1.88 bits per heavy atom. The van der Waals surface area contributed by atoms with Gasteiger partial charge in [0, 0.05) is 5.69 Å². The number of nitriles is 1. The first kappa shape index (κ1) is 18.0. The summed E-state index contributed by atoms with van der Waals surface area (Å²) in [6, 6.07) is 14.9. The second-order valence-corrected chi connectivity index (χ2v) is 5.51. The molecule has 0 aliphatic heterocycles. The molecule has 0 fully saturated rings. The van der Waals surface area contributed by atoms with E-state index in [1.807, 2.05) is 19.9 Å².